The number of esters is 1. The van der Waals surface area contributed by atoms with Gasteiger partial charge in [-0.3, -0.25) is 0 Å². The van der Waals surface area contributed by atoms with Crippen molar-refractivity contribution < 1.29 is 23.4 Å². The van der Waals surface area contributed by atoms with Crippen LogP contribution < -0.4 is 0 Å². The minimum atomic E-state index is -3.91. The van der Waals surface area contributed by atoms with Gasteiger partial charge in [0.15, 0.2) is 0 Å². The van der Waals surface area contributed by atoms with Gasteiger partial charge in [0.1, 0.15) is 6.10 Å². The van der Waals surface area contributed by atoms with Crippen molar-refractivity contribution >= 4 is 5.97 Å². The monoisotopic (exact) mass is 276 g/mol. The molecular formula is C14H22F2O3. The van der Waals surface area contributed by atoms with Crippen molar-refractivity contribution in [3.63, 3.8) is 0 Å². The van der Waals surface area contributed by atoms with Gasteiger partial charge < -0.3 is 9.84 Å². The standard InChI is InChI=1S/C14H22F2O3/c1-5-19-13(18)14(15,16)12(17)9-11(4)8-6-7-10(2)3/h7,9,12,17H,5-6,8H2,1-4H3/b11-9+. The number of hydrogen-bond acceptors (Lipinski definition) is 3. The zero-order valence-corrected chi connectivity index (χ0v) is 11.9. The molecule has 1 N–H and O–H groups in total. The Balaban J connectivity index is 4.59. The first kappa shape index (κ1) is 17.8. The zero-order valence-electron chi connectivity index (χ0n) is 11.9. The molecule has 3 nitrogen and oxygen atoms in total. The van der Waals surface area contributed by atoms with Gasteiger partial charge in [-0.1, -0.05) is 23.3 Å². The first-order chi connectivity index (χ1) is 8.71. The molecule has 0 bridgehead atoms. The van der Waals surface area contributed by atoms with Crippen LogP contribution in [0.25, 0.3) is 0 Å². The molecule has 0 heterocycles. The van der Waals surface area contributed by atoms with Gasteiger partial charge in [0.25, 0.3) is 0 Å². The van der Waals surface area contributed by atoms with Crippen LogP contribution in [0.5, 0.6) is 0 Å². The average Bonchev–Trinajstić information content (AvgIpc) is 2.28. The van der Waals surface area contributed by atoms with E-state index in [4.69, 9.17) is 0 Å². The fourth-order valence-corrected chi connectivity index (χ4v) is 1.39. The first-order valence-electron chi connectivity index (χ1n) is 6.25. The van der Waals surface area contributed by atoms with E-state index in [1.165, 1.54) is 6.92 Å². The van der Waals surface area contributed by atoms with Crippen LogP contribution in [0.1, 0.15) is 40.5 Å². The van der Waals surface area contributed by atoms with Gasteiger partial charge in [-0.2, -0.15) is 8.78 Å². The molecule has 5 heteroatoms. The average molecular weight is 276 g/mol. The Morgan fingerprint density at radius 3 is 2.42 bits per heavy atom. The van der Waals surface area contributed by atoms with Gasteiger partial charge in [-0.05, 0) is 40.5 Å². The molecule has 0 aliphatic rings. The van der Waals surface area contributed by atoms with Gasteiger partial charge in [0, 0.05) is 0 Å². The van der Waals surface area contributed by atoms with Crippen molar-refractivity contribution in [2.45, 2.75) is 52.6 Å². The summed E-state index contributed by atoms with van der Waals surface area (Å²) in [4.78, 5) is 11.0. The quantitative estimate of drug-likeness (QED) is 0.573. The summed E-state index contributed by atoms with van der Waals surface area (Å²) in [6.07, 6.45) is 2.10. The number of carbonyl (C=O) groups excluding carboxylic acids is 1. The summed E-state index contributed by atoms with van der Waals surface area (Å²) in [6, 6.07) is 0. The minimum Gasteiger partial charge on any atom is -0.461 e. The number of allylic oxidation sites excluding steroid dienone is 3. The molecule has 0 aromatic rings. The smallest absolute Gasteiger partial charge is 0.380 e. The van der Waals surface area contributed by atoms with E-state index in [0.29, 0.717) is 18.4 Å². The third-order valence-corrected chi connectivity index (χ3v) is 2.45. The number of aliphatic hydroxyl groups is 1. The summed E-state index contributed by atoms with van der Waals surface area (Å²) in [5, 5.41) is 9.41. The van der Waals surface area contributed by atoms with E-state index in [2.05, 4.69) is 4.74 Å². The number of ether oxygens (including phenoxy) is 1. The molecule has 0 aliphatic carbocycles. The molecule has 110 valence electrons. The topological polar surface area (TPSA) is 46.5 Å². The van der Waals surface area contributed by atoms with Gasteiger partial charge in [0.2, 0.25) is 0 Å². The van der Waals surface area contributed by atoms with E-state index >= 15 is 0 Å². The fourth-order valence-electron chi connectivity index (χ4n) is 1.39. The Bertz CT molecular complexity index is 356. The summed E-state index contributed by atoms with van der Waals surface area (Å²) >= 11 is 0. The highest BCUT2D eigenvalue weighted by Gasteiger charge is 2.47. The SMILES string of the molecule is CCOC(=O)C(F)(F)C(O)/C=C(\C)CCC=C(C)C. The van der Waals surface area contributed by atoms with Crippen molar-refractivity contribution in [2.24, 2.45) is 0 Å². The second kappa shape index (κ2) is 8.04. The highest BCUT2D eigenvalue weighted by Crippen LogP contribution is 2.23. The normalized spacial score (nSPS) is 13.9. The van der Waals surface area contributed by atoms with Gasteiger partial charge in [0.05, 0.1) is 6.61 Å². The number of halogens is 2. The van der Waals surface area contributed by atoms with Crippen LogP contribution in [0.4, 0.5) is 8.78 Å². The van der Waals surface area contributed by atoms with E-state index in [0.717, 1.165) is 11.6 Å². The number of hydrogen-bond donors (Lipinski definition) is 1. The number of carbonyl (C=O) groups is 1. The Labute approximate surface area is 113 Å². The van der Waals surface area contributed by atoms with Crippen LogP contribution in [0.15, 0.2) is 23.3 Å². The molecule has 0 saturated heterocycles. The lowest BCUT2D eigenvalue weighted by Crippen LogP contribution is -2.41. The Kier molecular flexibility index (Phi) is 7.52. The van der Waals surface area contributed by atoms with E-state index in [-0.39, 0.29) is 6.61 Å². The Hall–Kier alpha value is -1.23. The molecule has 0 amide bonds. The summed E-state index contributed by atoms with van der Waals surface area (Å²) in [5.41, 5.74) is 1.75. The largest absolute Gasteiger partial charge is 0.461 e. The number of rotatable bonds is 7. The van der Waals surface area contributed by atoms with Crippen molar-refractivity contribution in [1.29, 1.82) is 0 Å². The van der Waals surface area contributed by atoms with Crippen molar-refractivity contribution in [3.8, 4) is 0 Å². The molecule has 1 unspecified atom stereocenters. The molecule has 0 rings (SSSR count). The predicted molar refractivity (Wildman–Crippen MR) is 70.0 cm³/mol. The third-order valence-electron chi connectivity index (χ3n) is 2.45. The highest BCUT2D eigenvalue weighted by molar-refractivity contribution is 5.78. The van der Waals surface area contributed by atoms with Crippen molar-refractivity contribution in [2.75, 3.05) is 6.61 Å². The van der Waals surface area contributed by atoms with Crippen molar-refractivity contribution in [1.82, 2.24) is 0 Å². The van der Waals surface area contributed by atoms with Crippen LogP contribution in [0, 0.1) is 0 Å². The second-order valence-corrected chi connectivity index (χ2v) is 4.62. The maximum absolute atomic E-state index is 13.4. The van der Waals surface area contributed by atoms with Crippen LogP contribution >= 0.6 is 0 Å². The molecule has 0 fully saturated rings. The Morgan fingerprint density at radius 2 is 1.95 bits per heavy atom. The van der Waals surface area contributed by atoms with E-state index in [1.54, 1.807) is 6.92 Å². The van der Waals surface area contributed by atoms with E-state index in [9.17, 15) is 18.7 Å². The first-order valence-corrected chi connectivity index (χ1v) is 6.25. The lowest BCUT2D eigenvalue weighted by atomic mass is 10.1. The second-order valence-electron chi connectivity index (χ2n) is 4.62. The molecule has 0 spiro atoms. The summed E-state index contributed by atoms with van der Waals surface area (Å²) in [5.74, 6) is -5.61. The molecule has 1 atom stereocenters. The highest BCUT2D eigenvalue weighted by atomic mass is 19.3. The van der Waals surface area contributed by atoms with Crippen LogP contribution in [-0.4, -0.2) is 29.7 Å². The molecule has 0 saturated carbocycles. The van der Waals surface area contributed by atoms with E-state index < -0.39 is 18.0 Å². The third kappa shape index (κ3) is 6.47. The van der Waals surface area contributed by atoms with Gasteiger partial charge >= 0.3 is 11.9 Å². The molecule has 0 aromatic heterocycles. The molecule has 0 aromatic carbocycles. The molecule has 0 radical (unpaired) electrons. The maximum atomic E-state index is 13.4. The number of aliphatic hydroxyl groups excluding tert-OH is 1. The lowest BCUT2D eigenvalue weighted by Gasteiger charge is -2.18. The lowest BCUT2D eigenvalue weighted by molar-refractivity contribution is -0.183. The van der Waals surface area contributed by atoms with Gasteiger partial charge in [-0.15, -0.1) is 0 Å². The summed E-state index contributed by atoms with van der Waals surface area (Å²) < 4.78 is 31.1. The minimum absolute atomic E-state index is 0.148. The zero-order chi connectivity index (χ0) is 15.1. The summed E-state index contributed by atoms with van der Waals surface area (Å²) in [7, 11) is 0. The predicted octanol–water partition coefficient (Wildman–Crippen LogP) is 3.24. The van der Waals surface area contributed by atoms with E-state index in [1.807, 2.05) is 19.9 Å². The summed E-state index contributed by atoms with van der Waals surface area (Å²) in [6.45, 7) is 6.82. The molecular weight excluding hydrogens is 254 g/mol. The van der Waals surface area contributed by atoms with Gasteiger partial charge in [-0.25, -0.2) is 4.79 Å². The van der Waals surface area contributed by atoms with Crippen molar-refractivity contribution in [3.05, 3.63) is 23.3 Å². The van der Waals surface area contributed by atoms with Crippen LogP contribution in [0.2, 0.25) is 0 Å². The van der Waals surface area contributed by atoms with Crippen LogP contribution in [0.3, 0.4) is 0 Å². The molecule has 0 aliphatic heterocycles. The Morgan fingerprint density at radius 1 is 1.37 bits per heavy atom. The molecule has 19 heavy (non-hydrogen) atoms. The number of alkyl halides is 2. The maximum Gasteiger partial charge on any atom is 0.380 e. The van der Waals surface area contributed by atoms with Crippen LogP contribution in [-0.2, 0) is 9.53 Å². The fraction of sp³-hybridized carbons (Fsp3) is 0.643.